The molecule has 0 atom stereocenters. The molecular formula is C25H43N5O7Si. The van der Waals surface area contributed by atoms with E-state index in [0.717, 1.165) is 0 Å². The molecule has 0 aliphatic rings. The van der Waals surface area contributed by atoms with Gasteiger partial charge in [0, 0.05) is 13.0 Å². The van der Waals surface area contributed by atoms with E-state index < -0.39 is 31.7 Å². The van der Waals surface area contributed by atoms with E-state index in [1.165, 1.54) is 18.2 Å². The van der Waals surface area contributed by atoms with E-state index >= 15 is 0 Å². The van der Waals surface area contributed by atoms with E-state index in [0.29, 0.717) is 30.1 Å². The molecule has 2 heterocycles. The van der Waals surface area contributed by atoms with Gasteiger partial charge in [-0.1, -0.05) is 20.8 Å². The van der Waals surface area contributed by atoms with E-state index in [1.54, 1.807) is 41.5 Å². The molecule has 0 radical (unpaired) electrons. The van der Waals surface area contributed by atoms with Crippen LogP contribution in [-0.2, 0) is 13.9 Å². The van der Waals surface area contributed by atoms with Gasteiger partial charge in [0.1, 0.15) is 24.1 Å². The zero-order chi connectivity index (χ0) is 29.1. The number of amides is 2. The Hall–Kier alpha value is -2.93. The normalized spacial score (nSPS) is 12.8. The maximum Gasteiger partial charge on any atom is 0.427 e. The highest BCUT2D eigenvalue weighted by Gasteiger charge is 2.37. The number of anilines is 1. The fourth-order valence-corrected chi connectivity index (χ4v) is 3.89. The molecule has 0 saturated carbocycles. The summed E-state index contributed by atoms with van der Waals surface area (Å²) in [7, 11) is -0.461. The van der Waals surface area contributed by atoms with E-state index in [2.05, 4.69) is 48.8 Å². The Labute approximate surface area is 226 Å². The molecule has 0 aromatic carbocycles. The van der Waals surface area contributed by atoms with Gasteiger partial charge in [-0.15, -0.1) is 4.90 Å². The third kappa shape index (κ3) is 8.28. The number of rotatable bonds is 8. The Balaban J connectivity index is 2.35. The van der Waals surface area contributed by atoms with Crippen LogP contribution in [0, 0.1) is 0 Å². The number of carbonyl (C=O) groups excluding carboxylic acids is 2. The van der Waals surface area contributed by atoms with Gasteiger partial charge in [0.2, 0.25) is 17.5 Å². The summed E-state index contributed by atoms with van der Waals surface area (Å²) in [5.41, 5.74) is -1.28. The average molecular weight is 554 g/mol. The number of nitrogens with zero attached hydrogens (tertiary/aromatic N) is 5. The van der Waals surface area contributed by atoms with E-state index in [4.69, 9.17) is 23.5 Å². The number of ether oxygens (including phenoxy) is 3. The number of imide groups is 1. The van der Waals surface area contributed by atoms with Crippen molar-refractivity contribution in [3.8, 4) is 5.88 Å². The highest BCUT2D eigenvalue weighted by atomic mass is 28.4. The average Bonchev–Trinajstić information content (AvgIpc) is 3.12. The van der Waals surface area contributed by atoms with E-state index in [-0.39, 0.29) is 22.5 Å². The molecule has 0 aliphatic carbocycles. The lowest BCUT2D eigenvalue weighted by molar-refractivity contribution is 0.0427. The molecule has 0 N–H and O–H groups in total. The number of hydrogen-bond acceptors (Lipinski definition) is 10. The first-order chi connectivity index (χ1) is 17.3. The van der Waals surface area contributed by atoms with Gasteiger partial charge in [0.25, 0.3) is 0 Å². The van der Waals surface area contributed by atoms with Gasteiger partial charge < -0.3 is 23.5 Å². The van der Waals surface area contributed by atoms with Crippen LogP contribution in [0.4, 0.5) is 15.5 Å². The number of imidazole rings is 1. The van der Waals surface area contributed by atoms with E-state index in [1.807, 2.05) is 0 Å². The Morgan fingerprint density at radius 3 is 1.95 bits per heavy atom. The topological polar surface area (TPSA) is 127 Å². The van der Waals surface area contributed by atoms with Crippen LogP contribution in [0.5, 0.6) is 5.88 Å². The standard InChI is InChI=1S/C25H43N5O7Si/c1-23(2,3)36-21(31)30(22(32)37-24(4,5)6)20-27-18-17(19(28-20)33-10)26-16-29(18)34-14-13-15-35-38(11,12)25(7,8)9/h16H,13-15H2,1-12H3. The van der Waals surface area contributed by atoms with Crippen molar-refractivity contribution in [2.24, 2.45) is 0 Å². The summed E-state index contributed by atoms with van der Waals surface area (Å²) in [5, 5.41) is 0.117. The van der Waals surface area contributed by atoms with Crippen LogP contribution in [0.1, 0.15) is 68.7 Å². The smallest absolute Gasteiger partial charge is 0.427 e. The molecule has 0 unspecified atom stereocenters. The molecule has 2 amide bonds. The van der Waals surface area contributed by atoms with Crippen molar-refractivity contribution >= 4 is 37.6 Å². The predicted molar refractivity (Wildman–Crippen MR) is 146 cm³/mol. The molecule has 12 nitrogen and oxygen atoms in total. The van der Waals surface area contributed by atoms with Gasteiger partial charge in [-0.25, -0.2) is 14.6 Å². The zero-order valence-electron chi connectivity index (χ0n) is 24.8. The van der Waals surface area contributed by atoms with Crippen molar-refractivity contribution in [1.29, 1.82) is 0 Å². The van der Waals surface area contributed by atoms with Crippen LogP contribution in [0.3, 0.4) is 0 Å². The Kier molecular flexibility index (Phi) is 9.42. The van der Waals surface area contributed by atoms with Crippen molar-refractivity contribution in [1.82, 2.24) is 19.7 Å². The molecule has 0 bridgehead atoms. The first-order valence-electron chi connectivity index (χ1n) is 12.6. The summed E-state index contributed by atoms with van der Waals surface area (Å²) in [5.74, 6) is -0.254. The minimum absolute atomic E-state index is 0.0470. The Bertz CT molecular complexity index is 1100. The molecule has 2 rings (SSSR count). The SMILES string of the molecule is COc1nc(N(C(=O)OC(C)(C)C)C(=O)OC(C)(C)C)nc2c1ncn2OCCCO[Si](C)(C)C(C)(C)C. The fourth-order valence-electron chi connectivity index (χ4n) is 2.80. The molecular weight excluding hydrogens is 510 g/mol. The van der Waals surface area contributed by atoms with E-state index in [9.17, 15) is 9.59 Å². The number of carbonyl (C=O) groups is 2. The summed E-state index contributed by atoms with van der Waals surface area (Å²) in [6, 6.07) is 0. The van der Waals surface area contributed by atoms with Crippen molar-refractivity contribution in [2.75, 3.05) is 25.2 Å². The molecule has 214 valence electrons. The molecule has 13 heteroatoms. The van der Waals surface area contributed by atoms with Crippen LogP contribution in [-0.4, -0.2) is 71.7 Å². The Morgan fingerprint density at radius 1 is 0.921 bits per heavy atom. The lowest BCUT2D eigenvalue weighted by Crippen LogP contribution is -2.44. The number of methoxy groups -OCH3 is 1. The minimum atomic E-state index is -1.86. The Morgan fingerprint density at radius 2 is 1.47 bits per heavy atom. The quantitative estimate of drug-likeness (QED) is 0.312. The maximum atomic E-state index is 13.1. The molecule has 2 aromatic rings. The fraction of sp³-hybridized carbons (Fsp3) is 0.720. The summed E-state index contributed by atoms with van der Waals surface area (Å²) in [4.78, 5) is 45.5. The molecule has 0 aliphatic heterocycles. The summed E-state index contributed by atoms with van der Waals surface area (Å²) in [6.45, 7) is 21.9. The summed E-state index contributed by atoms with van der Waals surface area (Å²) in [6.07, 6.45) is 0.0697. The lowest BCUT2D eigenvalue weighted by atomic mass is 10.2. The van der Waals surface area contributed by atoms with Gasteiger partial charge in [-0.05, 0) is 59.7 Å². The lowest BCUT2D eigenvalue weighted by Gasteiger charge is -2.36. The van der Waals surface area contributed by atoms with Crippen molar-refractivity contribution < 1.29 is 33.1 Å². The highest BCUT2D eigenvalue weighted by molar-refractivity contribution is 6.74. The van der Waals surface area contributed by atoms with Crippen molar-refractivity contribution in [3.63, 3.8) is 0 Å². The van der Waals surface area contributed by atoms with Crippen LogP contribution >= 0.6 is 0 Å². The largest absolute Gasteiger partial charge is 0.479 e. The number of hydrogen-bond donors (Lipinski definition) is 0. The van der Waals surface area contributed by atoms with Gasteiger partial charge in [-0.3, -0.25) is 0 Å². The minimum Gasteiger partial charge on any atom is -0.479 e. The third-order valence-electron chi connectivity index (χ3n) is 5.66. The third-order valence-corrected chi connectivity index (χ3v) is 10.2. The molecule has 0 spiro atoms. The molecule has 38 heavy (non-hydrogen) atoms. The predicted octanol–water partition coefficient (Wildman–Crippen LogP) is 5.35. The van der Waals surface area contributed by atoms with Crippen molar-refractivity contribution in [2.45, 2.75) is 98.1 Å². The molecule has 0 saturated heterocycles. The van der Waals surface area contributed by atoms with Crippen LogP contribution in [0.15, 0.2) is 6.33 Å². The molecule has 2 aromatic heterocycles. The second-order valence-corrected chi connectivity index (χ2v) is 17.2. The monoisotopic (exact) mass is 553 g/mol. The van der Waals surface area contributed by atoms with Crippen LogP contribution in [0.2, 0.25) is 18.1 Å². The second kappa shape index (κ2) is 11.4. The van der Waals surface area contributed by atoms with Gasteiger partial charge >= 0.3 is 12.2 Å². The van der Waals surface area contributed by atoms with Gasteiger partial charge in [-0.2, -0.15) is 14.7 Å². The summed E-state index contributed by atoms with van der Waals surface area (Å²) >= 11 is 0. The second-order valence-electron chi connectivity index (χ2n) is 12.4. The highest BCUT2D eigenvalue weighted by Crippen LogP contribution is 2.36. The zero-order valence-corrected chi connectivity index (χ0v) is 25.8. The van der Waals surface area contributed by atoms with Crippen molar-refractivity contribution in [3.05, 3.63) is 6.33 Å². The first-order valence-corrected chi connectivity index (χ1v) is 15.5. The van der Waals surface area contributed by atoms with Crippen LogP contribution < -0.4 is 14.5 Å². The maximum absolute atomic E-state index is 13.1. The number of aromatic nitrogens is 4. The summed E-state index contributed by atoms with van der Waals surface area (Å²) < 4.78 is 23.8. The van der Waals surface area contributed by atoms with Gasteiger partial charge in [0.15, 0.2) is 13.8 Å². The van der Waals surface area contributed by atoms with Gasteiger partial charge in [0.05, 0.1) is 7.11 Å². The van der Waals surface area contributed by atoms with Crippen LogP contribution in [0.25, 0.3) is 11.2 Å². The molecule has 0 fully saturated rings. The first kappa shape index (κ1) is 31.3. The number of fused-ring (bicyclic) bond motifs is 1.